The molecule has 0 saturated heterocycles. The van der Waals surface area contributed by atoms with Gasteiger partial charge >= 0.3 is 0 Å². The van der Waals surface area contributed by atoms with E-state index >= 15 is 0 Å². The van der Waals surface area contributed by atoms with Gasteiger partial charge in [0.2, 0.25) is 0 Å². The van der Waals surface area contributed by atoms with Gasteiger partial charge in [-0.1, -0.05) is 27.2 Å². The number of rotatable bonds is 7. The van der Waals surface area contributed by atoms with Crippen molar-refractivity contribution in [2.24, 2.45) is 5.92 Å². The first kappa shape index (κ1) is 14.6. The minimum absolute atomic E-state index is 0.516. The lowest BCUT2D eigenvalue weighted by Crippen LogP contribution is -2.21. The van der Waals surface area contributed by atoms with Crippen molar-refractivity contribution in [1.29, 1.82) is 0 Å². The number of nitrogens with zero attached hydrogens (tertiary/aromatic N) is 3. The van der Waals surface area contributed by atoms with E-state index in [1.54, 1.807) is 10.9 Å². The minimum atomic E-state index is 0.516. The Bertz CT molecular complexity index is 490. The van der Waals surface area contributed by atoms with E-state index in [0.717, 1.165) is 23.8 Å². The molecule has 0 fully saturated rings. The molecule has 2 unspecified atom stereocenters. The molecule has 2 aromatic heterocycles. The van der Waals surface area contributed by atoms with Gasteiger partial charge in [-0.3, -0.25) is 0 Å². The van der Waals surface area contributed by atoms with Crippen molar-refractivity contribution < 1.29 is 0 Å². The number of pyridine rings is 1. The second-order valence-electron chi connectivity index (χ2n) is 5.35. The Kier molecular flexibility index (Phi) is 5.16. The summed E-state index contributed by atoms with van der Waals surface area (Å²) < 4.78 is 1.76. The summed E-state index contributed by atoms with van der Waals surface area (Å²) in [4.78, 5) is 4.45. The highest BCUT2D eigenvalue weighted by Gasteiger charge is 2.10. The molecule has 1 N–H and O–H groups in total. The SMILES string of the molecule is CCC(C)CC(CC)Nc1ccc(-n2cccn2)nc1. The number of hydrogen-bond acceptors (Lipinski definition) is 3. The molecule has 4 heteroatoms. The van der Waals surface area contributed by atoms with E-state index in [1.165, 1.54) is 12.8 Å². The molecule has 2 rings (SSSR count). The van der Waals surface area contributed by atoms with Crippen LogP contribution in [0.25, 0.3) is 5.82 Å². The molecule has 108 valence electrons. The predicted molar refractivity (Wildman–Crippen MR) is 83.1 cm³/mol. The van der Waals surface area contributed by atoms with Crippen LogP contribution in [0.5, 0.6) is 0 Å². The van der Waals surface area contributed by atoms with Crippen LogP contribution in [0, 0.1) is 5.92 Å². The first-order valence-corrected chi connectivity index (χ1v) is 7.45. The summed E-state index contributed by atoms with van der Waals surface area (Å²) in [5.74, 6) is 1.60. The van der Waals surface area contributed by atoms with E-state index in [2.05, 4.69) is 42.2 Å². The molecule has 0 aliphatic rings. The van der Waals surface area contributed by atoms with Gasteiger partial charge < -0.3 is 5.32 Å². The van der Waals surface area contributed by atoms with E-state index in [0.29, 0.717) is 6.04 Å². The largest absolute Gasteiger partial charge is 0.381 e. The summed E-state index contributed by atoms with van der Waals surface area (Å²) in [7, 11) is 0. The molecule has 0 amide bonds. The van der Waals surface area contributed by atoms with E-state index in [-0.39, 0.29) is 0 Å². The fourth-order valence-corrected chi connectivity index (χ4v) is 2.23. The van der Waals surface area contributed by atoms with Crippen molar-refractivity contribution in [3.63, 3.8) is 0 Å². The Labute approximate surface area is 121 Å². The minimum Gasteiger partial charge on any atom is -0.381 e. The molecule has 0 radical (unpaired) electrons. The Morgan fingerprint density at radius 2 is 2.10 bits per heavy atom. The van der Waals surface area contributed by atoms with E-state index in [9.17, 15) is 0 Å². The summed E-state index contributed by atoms with van der Waals surface area (Å²) in [6.07, 6.45) is 9.10. The van der Waals surface area contributed by atoms with Gasteiger partial charge in [0.25, 0.3) is 0 Å². The fourth-order valence-electron chi connectivity index (χ4n) is 2.23. The highest BCUT2D eigenvalue weighted by Crippen LogP contribution is 2.17. The lowest BCUT2D eigenvalue weighted by Gasteiger charge is -2.21. The third-order valence-electron chi connectivity index (χ3n) is 3.73. The van der Waals surface area contributed by atoms with Crippen molar-refractivity contribution in [3.05, 3.63) is 36.8 Å². The second-order valence-corrected chi connectivity index (χ2v) is 5.35. The van der Waals surface area contributed by atoms with Crippen LogP contribution in [0.2, 0.25) is 0 Å². The Morgan fingerprint density at radius 1 is 1.25 bits per heavy atom. The van der Waals surface area contributed by atoms with E-state index < -0.39 is 0 Å². The molecule has 0 spiro atoms. The maximum Gasteiger partial charge on any atom is 0.153 e. The zero-order valence-corrected chi connectivity index (χ0v) is 12.6. The molecule has 0 aromatic carbocycles. The van der Waals surface area contributed by atoms with Crippen LogP contribution in [-0.4, -0.2) is 20.8 Å². The molecular weight excluding hydrogens is 248 g/mol. The summed E-state index contributed by atoms with van der Waals surface area (Å²) in [6.45, 7) is 6.78. The molecule has 2 heterocycles. The Balaban J connectivity index is 1.99. The monoisotopic (exact) mass is 272 g/mol. The highest BCUT2D eigenvalue weighted by atomic mass is 15.3. The number of anilines is 1. The normalized spacial score (nSPS) is 13.9. The summed E-state index contributed by atoms with van der Waals surface area (Å²) >= 11 is 0. The van der Waals surface area contributed by atoms with Gasteiger partial charge in [-0.15, -0.1) is 0 Å². The zero-order chi connectivity index (χ0) is 14.4. The first-order chi connectivity index (χ1) is 9.72. The summed E-state index contributed by atoms with van der Waals surface area (Å²) in [5, 5.41) is 7.75. The average Bonchev–Trinajstić information content (AvgIpc) is 3.01. The Morgan fingerprint density at radius 3 is 2.65 bits per heavy atom. The molecule has 2 atom stereocenters. The van der Waals surface area contributed by atoms with E-state index in [1.807, 2.05) is 24.5 Å². The number of aromatic nitrogens is 3. The molecule has 0 aliphatic carbocycles. The van der Waals surface area contributed by atoms with Gasteiger partial charge in [0.15, 0.2) is 5.82 Å². The van der Waals surface area contributed by atoms with Gasteiger partial charge in [0, 0.05) is 18.4 Å². The van der Waals surface area contributed by atoms with Gasteiger partial charge in [-0.25, -0.2) is 9.67 Å². The van der Waals surface area contributed by atoms with Crippen molar-refractivity contribution in [1.82, 2.24) is 14.8 Å². The number of hydrogen-bond donors (Lipinski definition) is 1. The van der Waals surface area contributed by atoms with Crippen LogP contribution in [0.1, 0.15) is 40.0 Å². The molecule has 0 saturated carbocycles. The quantitative estimate of drug-likeness (QED) is 0.831. The molecule has 4 nitrogen and oxygen atoms in total. The number of nitrogens with one attached hydrogen (secondary N) is 1. The third-order valence-corrected chi connectivity index (χ3v) is 3.73. The first-order valence-electron chi connectivity index (χ1n) is 7.45. The highest BCUT2D eigenvalue weighted by molar-refractivity contribution is 5.44. The van der Waals surface area contributed by atoms with Gasteiger partial charge in [0.05, 0.1) is 11.9 Å². The molecule has 20 heavy (non-hydrogen) atoms. The molecule has 0 aliphatic heterocycles. The van der Waals surface area contributed by atoms with Crippen molar-refractivity contribution >= 4 is 5.69 Å². The van der Waals surface area contributed by atoms with Crippen LogP contribution in [0.4, 0.5) is 5.69 Å². The van der Waals surface area contributed by atoms with E-state index in [4.69, 9.17) is 0 Å². The van der Waals surface area contributed by atoms with Crippen molar-refractivity contribution in [2.45, 2.75) is 46.1 Å². The van der Waals surface area contributed by atoms with Crippen LogP contribution in [-0.2, 0) is 0 Å². The Hall–Kier alpha value is -1.84. The van der Waals surface area contributed by atoms with Crippen LogP contribution < -0.4 is 5.32 Å². The predicted octanol–water partition coefficient (Wildman–Crippen LogP) is 3.89. The van der Waals surface area contributed by atoms with Crippen molar-refractivity contribution in [3.8, 4) is 5.82 Å². The average molecular weight is 272 g/mol. The molecule has 2 aromatic rings. The standard InChI is InChI=1S/C16H24N4/c1-4-13(3)11-14(5-2)19-15-7-8-16(17-12-15)20-10-6-9-18-20/h6-10,12-14,19H,4-5,11H2,1-3H3. The van der Waals surface area contributed by atoms with Crippen LogP contribution >= 0.6 is 0 Å². The maximum absolute atomic E-state index is 4.45. The maximum atomic E-state index is 4.45. The van der Waals surface area contributed by atoms with Gasteiger partial charge in [-0.05, 0) is 37.0 Å². The van der Waals surface area contributed by atoms with Gasteiger partial charge in [0.1, 0.15) is 0 Å². The molecular formula is C16H24N4. The zero-order valence-electron chi connectivity index (χ0n) is 12.6. The summed E-state index contributed by atoms with van der Waals surface area (Å²) in [6, 6.07) is 6.48. The topological polar surface area (TPSA) is 42.7 Å². The van der Waals surface area contributed by atoms with Crippen LogP contribution in [0.15, 0.2) is 36.8 Å². The van der Waals surface area contributed by atoms with Crippen molar-refractivity contribution in [2.75, 3.05) is 5.32 Å². The lowest BCUT2D eigenvalue weighted by atomic mass is 9.98. The third kappa shape index (κ3) is 3.83. The fraction of sp³-hybridized carbons (Fsp3) is 0.500. The van der Waals surface area contributed by atoms with Gasteiger partial charge in [-0.2, -0.15) is 5.10 Å². The smallest absolute Gasteiger partial charge is 0.153 e. The summed E-state index contributed by atoms with van der Waals surface area (Å²) in [5.41, 5.74) is 1.08. The van der Waals surface area contributed by atoms with Crippen LogP contribution in [0.3, 0.4) is 0 Å². The second kappa shape index (κ2) is 7.08. The lowest BCUT2D eigenvalue weighted by molar-refractivity contribution is 0.461. The molecule has 0 bridgehead atoms.